The highest BCUT2D eigenvalue weighted by Gasteiger charge is 2.36. The number of benzene rings is 2. The molecule has 1 unspecified atom stereocenters. The molecule has 1 aliphatic heterocycles. The van der Waals surface area contributed by atoms with Crippen molar-refractivity contribution < 1.29 is 19.1 Å². The Morgan fingerprint density at radius 1 is 1.14 bits per heavy atom. The Hall–Kier alpha value is -3.23. The summed E-state index contributed by atoms with van der Waals surface area (Å²) in [4.78, 5) is 40.2. The minimum atomic E-state index is -0.742. The first-order valence-corrected chi connectivity index (χ1v) is 12.5. The summed E-state index contributed by atoms with van der Waals surface area (Å²) < 4.78 is 5.50. The van der Waals surface area contributed by atoms with Gasteiger partial charge in [0, 0.05) is 17.9 Å². The summed E-state index contributed by atoms with van der Waals surface area (Å²) in [5.41, 5.74) is 2.34. The molecule has 1 heterocycles. The molecular weight excluding hydrogens is 503 g/mol. The largest absolute Gasteiger partial charge is 0.459 e. The number of carbonyl (C=O) groups is 3. The molecule has 0 radical (unpaired) electrons. The maximum absolute atomic E-state index is 13.1. The van der Waals surface area contributed by atoms with Crippen molar-refractivity contribution in [1.29, 1.82) is 0 Å². The lowest BCUT2D eigenvalue weighted by atomic mass is 9.94. The first-order valence-electron chi connectivity index (χ1n) is 11.7. The molecule has 0 aliphatic carbocycles. The first-order chi connectivity index (χ1) is 17.1. The van der Waals surface area contributed by atoms with Gasteiger partial charge in [-0.25, -0.2) is 14.4 Å². The molecule has 0 saturated carbocycles. The maximum atomic E-state index is 13.1. The minimum Gasteiger partial charge on any atom is -0.459 e. The van der Waals surface area contributed by atoms with E-state index in [1.165, 1.54) is 0 Å². The number of nitrogens with zero attached hydrogens (tertiary/aromatic N) is 1. The molecule has 10 heteroatoms. The third-order valence-corrected chi connectivity index (χ3v) is 6.39. The van der Waals surface area contributed by atoms with E-state index in [1.54, 1.807) is 68.1 Å². The zero-order chi connectivity index (χ0) is 26.4. The molecule has 36 heavy (non-hydrogen) atoms. The van der Waals surface area contributed by atoms with E-state index in [0.29, 0.717) is 39.8 Å². The highest BCUT2D eigenvalue weighted by molar-refractivity contribution is 6.44. The third kappa shape index (κ3) is 6.50. The van der Waals surface area contributed by atoms with Gasteiger partial charge in [0.2, 0.25) is 0 Å². The van der Waals surface area contributed by atoms with Crippen LogP contribution in [0.2, 0.25) is 10.0 Å². The van der Waals surface area contributed by atoms with Gasteiger partial charge in [0.05, 0.1) is 33.5 Å². The molecule has 0 saturated heterocycles. The molecule has 2 aromatic rings. The Bertz CT molecular complexity index is 1180. The highest BCUT2D eigenvalue weighted by Crippen LogP contribution is 2.33. The van der Waals surface area contributed by atoms with Gasteiger partial charge < -0.3 is 20.7 Å². The van der Waals surface area contributed by atoms with E-state index in [1.807, 2.05) is 6.92 Å². The van der Waals surface area contributed by atoms with Crippen LogP contribution in [0.4, 0.5) is 21.0 Å². The second kappa shape index (κ2) is 12.1. The van der Waals surface area contributed by atoms with Gasteiger partial charge in [-0.2, -0.15) is 0 Å². The number of ether oxygens (including phenoxy) is 1. The van der Waals surface area contributed by atoms with Crippen LogP contribution in [-0.4, -0.2) is 35.6 Å². The normalized spacial score (nSPS) is 15.6. The molecule has 3 rings (SSSR count). The summed E-state index contributed by atoms with van der Waals surface area (Å²) in [6, 6.07) is 10.3. The average molecular weight is 533 g/mol. The van der Waals surface area contributed by atoms with Crippen LogP contribution in [0.1, 0.15) is 52.1 Å². The lowest BCUT2D eigenvalue weighted by Crippen LogP contribution is -2.48. The molecule has 192 valence electrons. The highest BCUT2D eigenvalue weighted by atomic mass is 35.5. The summed E-state index contributed by atoms with van der Waals surface area (Å²) >= 11 is 12.2. The van der Waals surface area contributed by atoms with Crippen LogP contribution in [0.5, 0.6) is 0 Å². The van der Waals surface area contributed by atoms with E-state index < -0.39 is 18.0 Å². The van der Waals surface area contributed by atoms with Crippen molar-refractivity contribution in [2.24, 2.45) is 0 Å². The van der Waals surface area contributed by atoms with E-state index in [9.17, 15) is 14.4 Å². The van der Waals surface area contributed by atoms with Crippen molar-refractivity contribution in [3.8, 4) is 0 Å². The Balaban J connectivity index is 1.89. The average Bonchev–Trinajstić information content (AvgIpc) is 2.81. The number of amides is 4. The van der Waals surface area contributed by atoms with Crippen molar-refractivity contribution in [2.75, 3.05) is 17.2 Å². The number of carbonyl (C=O) groups excluding carboxylic acids is 3. The number of urea groups is 2. The Kier molecular flexibility index (Phi) is 9.23. The molecule has 0 fully saturated rings. The quantitative estimate of drug-likeness (QED) is 0.328. The molecule has 1 atom stereocenters. The fraction of sp³-hybridized carbons (Fsp3) is 0.346. The predicted molar refractivity (Wildman–Crippen MR) is 142 cm³/mol. The SMILES string of the molecule is CCCCN1C(=O)NC(c2cccc(NC(=O)Nc3cccc(Cl)c3Cl)c2)C(C(=O)OC(C)C)=C1C. The summed E-state index contributed by atoms with van der Waals surface area (Å²) in [5, 5.41) is 8.88. The van der Waals surface area contributed by atoms with E-state index in [0.717, 1.165) is 12.8 Å². The first kappa shape index (κ1) is 27.4. The van der Waals surface area contributed by atoms with Crippen molar-refractivity contribution in [3.05, 3.63) is 69.3 Å². The monoisotopic (exact) mass is 532 g/mol. The predicted octanol–water partition coefficient (Wildman–Crippen LogP) is 6.73. The Morgan fingerprint density at radius 2 is 1.86 bits per heavy atom. The minimum absolute atomic E-state index is 0.231. The zero-order valence-corrected chi connectivity index (χ0v) is 22.2. The number of rotatable bonds is 8. The lowest BCUT2D eigenvalue weighted by molar-refractivity contribution is -0.143. The second-order valence-electron chi connectivity index (χ2n) is 8.65. The van der Waals surface area contributed by atoms with Crippen molar-refractivity contribution in [2.45, 2.75) is 52.7 Å². The molecule has 0 aromatic heterocycles. The number of allylic oxidation sites excluding steroid dienone is 1. The summed E-state index contributed by atoms with van der Waals surface area (Å²) in [6.45, 7) is 7.82. The number of unbranched alkanes of at least 4 members (excludes halogenated alkanes) is 1. The van der Waals surface area contributed by atoms with Crippen LogP contribution < -0.4 is 16.0 Å². The molecular formula is C26H30Cl2N4O4. The molecule has 8 nitrogen and oxygen atoms in total. The van der Waals surface area contributed by atoms with Gasteiger partial charge in [-0.05, 0) is 57.0 Å². The third-order valence-electron chi connectivity index (χ3n) is 5.57. The van der Waals surface area contributed by atoms with Crippen LogP contribution in [0, 0.1) is 0 Å². The van der Waals surface area contributed by atoms with E-state index in [-0.39, 0.29) is 17.2 Å². The fourth-order valence-corrected chi connectivity index (χ4v) is 4.19. The Labute approximate surface area is 221 Å². The molecule has 3 N–H and O–H groups in total. The smallest absolute Gasteiger partial charge is 0.338 e. The standard InChI is InChI=1S/C26H30Cl2N4O4/c1-5-6-13-32-16(4)21(24(33)36-15(2)3)23(31-26(32)35)17-9-7-10-18(14-17)29-25(34)30-20-12-8-11-19(27)22(20)28/h7-12,14-15,23H,5-6,13H2,1-4H3,(H,31,35)(H2,29,30,34). The topological polar surface area (TPSA) is 99.8 Å². The number of halogens is 2. The van der Waals surface area contributed by atoms with Crippen LogP contribution in [0.3, 0.4) is 0 Å². The molecule has 1 aliphatic rings. The van der Waals surface area contributed by atoms with Crippen molar-refractivity contribution in [3.63, 3.8) is 0 Å². The van der Waals surface area contributed by atoms with E-state index in [2.05, 4.69) is 16.0 Å². The van der Waals surface area contributed by atoms with Crippen molar-refractivity contribution in [1.82, 2.24) is 10.2 Å². The van der Waals surface area contributed by atoms with Gasteiger partial charge in [-0.3, -0.25) is 4.90 Å². The van der Waals surface area contributed by atoms with Gasteiger partial charge in [-0.15, -0.1) is 0 Å². The summed E-state index contributed by atoms with van der Waals surface area (Å²) in [5.74, 6) is -0.499. The van der Waals surface area contributed by atoms with Gasteiger partial charge in [0.15, 0.2) is 0 Å². The van der Waals surface area contributed by atoms with Crippen LogP contribution in [0.25, 0.3) is 0 Å². The molecule has 0 spiro atoms. The molecule has 2 aromatic carbocycles. The van der Waals surface area contributed by atoms with E-state index in [4.69, 9.17) is 27.9 Å². The number of nitrogens with one attached hydrogen (secondary N) is 3. The Morgan fingerprint density at radius 3 is 2.56 bits per heavy atom. The molecule has 4 amide bonds. The van der Waals surface area contributed by atoms with Crippen LogP contribution >= 0.6 is 23.2 Å². The number of hydrogen-bond donors (Lipinski definition) is 3. The van der Waals surface area contributed by atoms with Gasteiger partial charge in [0.1, 0.15) is 0 Å². The van der Waals surface area contributed by atoms with E-state index >= 15 is 0 Å². The van der Waals surface area contributed by atoms with Crippen molar-refractivity contribution >= 4 is 52.6 Å². The second-order valence-corrected chi connectivity index (χ2v) is 9.43. The number of esters is 1. The lowest BCUT2D eigenvalue weighted by Gasteiger charge is -2.35. The summed E-state index contributed by atoms with van der Waals surface area (Å²) in [7, 11) is 0. The maximum Gasteiger partial charge on any atom is 0.338 e. The van der Waals surface area contributed by atoms with Crippen LogP contribution in [-0.2, 0) is 9.53 Å². The fourth-order valence-electron chi connectivity index (χ4n) is 3.84. The zero-order valence-electron chi connectivity index (χ0n) is 20.7. The van der Waals surface area contributed by atoms with Crippen LogP contribution in [0.15, 0.2) is 53.7 Å². The molecule has 0 bridgehead atoms. The van der Waals surface area contributed by atoms with Gasteiger partial charge in [0.25, 0.3) is 0 Å². The summed E-state index contributed by atoms with van der Waals surface area (Å²) in [6.07, 6.45) is 1.38. The van der Waals surface area contributed by atoms with Gasteiger partial charge >= 0.3 is 18.0 Å². The number of anilines is 2. The van der Waals surface area contributed by atoms with Gasteiger partial charge in [-0.1, -0.05) is 54.7 Å². The number of hydrogen-bond acceptors (Lipinski definition) is 4.